The summed E-state index contributed by atoms with van der Waals surface area (Å²) < 4.78 is 13.0. The lowest BCUT2D eigenvalue weighted by Crippen LogP contribution is -2.38. The molecule has 1 amide bonds. The molecule has 0 saturated carbocycles. The van der Waals surface area contributed by atoms with Crippen LogP contribution >= 0.6 is 0 Å². The fourth-order valence-corrected chi connectivity index (χ4v) is 3.22. The number of rotatable bonds is 7. The van der Waals surface area contributed by atoms with Crippen molar-refractivity contribution in [3.63, 3.8) is 0 Å². The molecule has 5 nitrogen and oxygen atoms in total. The van der Waals surface area contributed by atoms with E-state index in [-0.39, 0.29) is 11.7 Å². The van der Waals surface area contributed by atoms with Gasteiger partial charge in [0.25, 0.3) is 0 Å². The number of guanidine groups is 1. The quantitative estimate of drug-likeness (QED) is 0.439. The number of aliphatic imine (C=N–C) groups is 1. The van der Waals surface area contributed by atoms with E-state index < -0.39 is 0 Å². The Morgan fingerprint density at radius 2 is 1.75 bits per heavy atom. The zero-order chi connectivity index (χ0) is 19.8. The van der Waals surface area contributed by atoms with E-state index in [9.17, 15) is 9.18 Å². The predicted molar refractivity (Wildman–Crippen MR) is 109 cm³/mol. The highest BCUT2D eigenvalue weighted by Crippen LogP contribution is 2.22. The Kier molecular flexibility index (Phi) is 7.00. The van der Waals surface area contributed by atoms with Crippen molar-refractivity contribution in [1.82, 2.24) is 15.5 Å². The van der Waals surface area contributed by atoms with Gasteiger partial charge in [0.05, 0.1) is 6.54 Å². The first-order chi connectivity index (χ1) is 13.7. The minimum absolute atomic E-state index is 0.186. The zero-order valence-corrected chi connectivity index (χ0v) is 16.2. The van der Waals surface area contributed by atoms with Gasteiger partial charge in [0, 0.05) is 32.6 Å². The van der Waals surface area contributed by atoms with Crippen molar-refractivity contribution in [2.24, 2.45) is 4.99 Å². The normalized spacial score (nSPS) is 13.4. The van der Waals surface area contributed by atoms with Gasteiger partial charge in [0.2, 0.25) is 5.91 Å². The number of amides is 1. The summed E-state index contributed by atoms with van der Waals surface area (Å²) in [6.45, 7) is 5.32. The first-order valence-electron chi connectivity index (χ1n) is 9.77. The molecule has 1 aliphatic rings. The minimum Gasteiger partial charge on any atom is -0.357 e. The molecule has 28 heavy (non-hydrogen) atoms. The van der Waals surface area contributed by atoms with Crippen molar-refractivity contribution in [1.29, 1.82) is 0 Å². The van der Waals surface area contributed by atoms with Crippen LogP contribution in [0.1, 0.15) is 36.5 Å². The lowest BCUT2D eigenvalue weighted by Gasteiger charge is -2.16. The second-order valence-electron chi connectivity index (χ2n) is 6.87. The maximum atomic E-state index is 13.0. The van der Waals surface area contributed by atoms with Gasteiger partial charge in [-0.15, -0.1) is 0 Å². The van der Waals surface area contributed by atoms with Gasteiger partial charge in [-0.25, -0.2) is 9.38 Å². The molecule has 148 valence electrons. The summed E-state index contributed by atoms with van der Waals surface area (Å²) in [5.74, 6) is 0.641. The second-order valence-corrected chi connectivity index (χ2v) is 6.87. The van der Waals surface area contributed by atoms with Crippen LogP contribution in [0.3, 0.4) is 0 Å². The molecular weight excluding hydrogens is 355 g/mol. The first kappa shape index (κ1) is 19.9. The van der Waals surface area contributed by atoms with Crippen molar-refractivity contribution in [2.75, 3.05) is 13.1 Å². The standard InChI is InChI=1S/C22H27FN4O/c1-2-24-22(26-14-17-9-11-20(23)12-10-17)25-13-5-8-21(28)27-15-18-6-3-4-7-19(18)16-27/h3-4,6-7,9-12H,2,5,8,13-16H2,1H3,(H2,24,25,26). The Hall–Kier alpha value is -2.89. The van der Waals surface area contributed by atoms with Crippen LogP contribution in [0, 0.1) is 5.82 Å². The third-order valence-corrected chi connectivity index (χ3v) is 4.73. The Morgan fingerprint density at radius 1 is 1.07 bits per heavy atom. The van der Waals surface area contributed by atoms with Crippen molar-refractivity contribution < 1.29 is 9.18 Å². The van der Waals surface area contributed by atoms with Gasteiger partial charge in [-0.2, -0.15) is 0 Å². The summed E-state index contributed by atoms with van der Waals surface area (Å²) in [4.78, 5) is 18.9. The molecule has 1 heterocycles. The average molecular weight is 382 g/mol. The van der Waals surface area contributed by atoms with E-state index in [1.807, 2.05) is 24.0 Å². The molecule has 2 aromatic carbocycles. The highest BCUT2D eigenvalue weighted by molar-refractivity contribution is 5.80. The summed E-state index contributed by atoms with van der Waals surface area (Å²) >= 11 is 0. The van der Waals surface area contributed by atoms with Crippen molar-refractivity contribution >= 4 is 11.9 Å². The minimum atomic E-state index is -0.247. The largest absolute Gasteiger partial charge is 0.357 e. The van der Waals surface area contributed by atoms with E-state index in [2.05, 4.69) is 27.8 Å². The molecule has 6 heteroatoms. The van der Waals surface area contributed by atoms with Gasteiger partial charge in [0.1, 0.15) is 5.82 Å². The monoisotopic (exact) mass is 382 g/mol. The molecule has 0 unspecified atom stereocenters. The average Bonchev–Trinajstić information content (AvgIpc) is 3.14. The zero-order valence-electron chi connectivity index (χ0n) is 16.2. The van der Waals surface area contributed by atoms with E-state index in [1.54, 1.807) is 12.1 Å². The van der Waals surface area contributed by atoms with Crippen LogP contribution < -0.4 is 10.6 Å². The Morgan fingerprint density at radius 3 is 2.39 bits per heavy atom. The maximum Gasteiger partial charge on any atom is 0.223 e. The van der Waals surface area contributed by atoms with Crippen LogP contribution in [-0.2, 0) is 24.4 Å². The van der Waals surface area contributed by atoms with Gasteiger partial charge >= 0.3 is 0 Å². The molecule has 0 aliphatic carbocycles. The molecule has 0 fully saturated rings. The SMILES string of the molecule is CCNC(=NCc1ccc(F)cc1)NCCCC(=O)N1Cc2ccccc2C1. The number of carbonyl (C=O) groups is 1. The molecule has 0 saturated heterocycles. The van der Waals surface area contributed by atoms with Gasteiger partial charge < -0.3 is 15.5 Å². The van der Waals surface area contributed by atoms with E-state index in [4.69, 9.17) is 0 Å². The smallest absolute Gasteiger partial charge is 0.223 e. The Bertz CT molecular complexity index is 795. The number of halogens is 1. The lowest BCUT2D eigenvalue weighted by molar-refractivity contribution is -0.131. The first-order valence-corrected chi connectivity index (χ1v) is 9.77. The number of benzene rings is 2. The van der Waals surface area contributed by atoms with Gasteiger partial charge in [-0.1, -0.05) is 36.4 Å². The van der Waals surface area contributed by atoms with Gasteiger partial charge in [-0.3, -0.25) is 4.79 Å². The molecule has 0 radical (unpaired) electrons. The number of fused-ring (bicyclic) bond motifs is 1. The molecule has 3 rings (SSSR count). The third kappa shape index (κ3) is 5.55. The van der Waals surface area contributed by atoms with Gasteiger partial charge in [0.15, 0.2) is 5.96 Å². The number of carbonyl (C=O) groups excluding carboxylic acids is 1. The molecule has 2 N–H and O–H groups in total. The van der Waals surface area contributed by atoms with Gasteiger partial charge in [-0.05, 0) is 42.2 Å². The molecule has 0 atom stereocenters. The van der Waals surface area contributed by atoms with Crippen molar-refractivity contribution in [2.45, 2.75) is 39.4 Å². The highest BCUT2D eigenvalue weighted by Gasteiger charge is 2.22. The van der Waals surface area contributed by atoms with Crippen LogP contribution in [0.5, 0.6) is 0 Å². The summed E-state index contributed by atoms with van der Waals surface area (Å²) in [5.41, 5.74) is 3.44. The number of nitrogens with one attached hydrogen (secondary N) is 2. The molecule has 2 aromatic rings. The summed E-state index contributed by atoms with van der Waals surface area (Å²) in [5, 5.41) is 6.45. The van der Waals surface area contributed by atoms with E-state index >= 15 is 0 Å². The Balaban J connectivity index is 1.41. The fourth-order valence-electron chi connectivity index (χ4n) is 3.22. The topological polar surface area (TPSA) is 56.7 Å². The van der Waals surface area contributed by atoms with Crippen LogP contribution in [0.25, 0.3) is 0 Å². The van der Waals surface area contributed by atoms with E-state index in [0.29, 0.717) is 38.6 Å². The summed E-state index contributed by atoms with van der Waals surface area (Å²) in [7, 11) is 0. The van der Waals surface area contributed by atoms with Crippen molar-refractivity contribution in [3.05, 3.63) is 71.0 Å². The number of hydrogen-bond acceptors (Lipinski definition) is 2. The van der Waals surface area contributed by atoms with Crippen LogP contribution in [-0.4, -0.2) is 29.9 Å². The lowest BCUT2D eigenvalue weighted by atomic mass is 10.1. The Labute approximate surface area is 165 Å². The molecule has 1 aliphatic heterocycles. The third-order valence-electron chi connectivity index (χ3n) is 4.73. The summed E-state index contributed by atoms with van der Waals surface area (Å²) in [6.07, 6.45) is 1.25. The fraction of sp³-hybridized carbons (Fsp3) is 0.364. The van der Waals surface area contributed by atoms with E-state index in [0.717, 1.165) is 18.5 Å². The molecule has 0 bridgehead atoms. The summed E-state index contributed by atoms with van der Waals surface area (Å²) in [6, 6.07) is 14.6. The van der Waals surface area contributed by atoms with E-state index in [1.165, 1.54) is 23.3 Å². The maximum absolute atomic E-state index is 13.0. The van der Waals surface area contributed by atoms with Crippen molar-refractivity contribution in [3.8, 4) is 0 Å². The van der Waals surface area contributed by atoms with Crippen LogP contribution in [0.4, 0.5) is 4.39 Å². The number of hydrogen-bond donors (Lipinski definition) is 2. The molecule has 0 aromatic heterocycles. The molecule has 0 spiro atoms. The molecular formula is C22H27FN4O. The van der Waals surface area contributed by atoms with Crippen LogP contribution in [0.15, 0.2) is 53.5 Å². The van der Waals surface area contributed by atoms with Crippen LogP contribution in [0.2, 0.25) is 0 Å². The predicted octanol–water partition coefficient (Wildman–Crippen LogP) is 3.20. The highest BCUT2D eigenvalue weighted by atomic mass is 19.1. The second kappa shape index (κ2) is 9.88. The number of nitrogens with zero attached hydrogens (tertiary/aromatic N) is 2.